The summed E-state index contributed by atoms with van der Waals surface area (Å²) in [6.45, 7) is 2.56. The number of hydrogen-bond donors (Lipinski definition) is 1. The van der Waals surface area contributed by atoms with E-state index in [2.05, 4.69) is 4.98 Å². The topological polar surface area (TPSA) is 76.3 Å². The third-order valence-electron chi connectivity index (χ3n) is 3.22. The summed E-state index contributed by atoms with van der Waals surface area (Å²) in [4.78, 5) is 4.45. The van der Waals surface area contributed by atoms with Crippen molar-refractivity contribution in [1.29, 1.82) is 0 Å². The molecule has 0 saturated carbocycles. The number of pyridine rings is 1. The summed E-state index contributed by atoms with van der Waals surface area (Å²) >= 11 is 0. The van der Waals surface area contributed by atoms with Gasteiger partial charge in [0.2, 0.25) is 10.0 Å². The van der Waals surface area contributed by atoms with Crippen LogP contribution in [0.5, 0.6) is 0 Å². The van der Waals surface area contributed by atoms with Crippen molar-refractivity contribution in [3.05, 3.63) is 30.3 Å². The number of nitrogens with zero attached hydrogens (tertiary/aromatic N) is 2. The largest absolute Gasteiger partial charge is 0.384 e. The standard InChI is InChI=1S/C14H19N3O2S/c1-3-4-9-17(2)20(18,19)12-6-7-13-11(10-12)5-8-14(15)16-13/h5-8,10H,3-4,9H2,1-2H3,(H2,15,16). The van der Waals surface area contributed by atoms with E-state index in [0.29, 0.717) is 17.9 Å². The maximum atomic E-state index is 12.4. The Labute approximate surface area is 119 Å². The van der Waals surface area contributed by atoms with Gasteiger partial charge in [0.1, 0.15) is 5.82 Å². The molecule has 1 aromatic carbocycles. The van der Waals surface area contributed by atoms with Crippen LogP contribution in [0.1, 0.15) is 19.8 Å². The van der Waals surface area contributed by atoms with Crippen LogP contribution in [-0.2, 0) is 10.0 Å². The number of fused-ring (bicyclic) bond motifs is 1. The molecule has 0 spiro atoms. The molecule has 5 nitrogen and oxygen atoms in total. The van der Waals surface area contributed by atoms with E-state index in [1.54, 1.807) is 37.4 Å². The zero-order chi connectivity index (χ0) is 14.8. The number of sulfonamides is 1. The smallest absolute Gasteiger partial charge is 0.242 e. The summed E-state index contributed by atoms with van der Waals surface area (Å²) in [6.07, 6.45) is 1.81. The monoisotopic (exact) mass is 293 g/mol. The predicted octanol–water partition coefficient (Wildman–Crippen LogP) is 2.24. The predicted molar refractivity (Wildman–Crippen MR) is 80.9 cm³/mol. The summed E-state index contributed by atoms with van der Waals surface area (Å²) in [7, 11) is -1.83. The molecule has 108 valence electrons. The fourth-order valence-electron chi connectivity index (χ4n) is 1.96. The number of aromatic nitrogens is 1. The molecule has 0 saturated heterocycles. The second kappa shape index (κ2) is 5.76. The Hall–Kier alpha value is -1.66. The molecule has 0 bridgehead atoms. The molecule has 0 aliphatic rings. The highest BCUT2D eigenvalue weighted by molar-refractivity contribution is 7.89. The van der Waals surface area contributed by atoms with E-state index in [1.165, 1.54) is 4.31 Å². The zero-order valence-electron chi connectivity index (χ0n) is 11.7. The first-order valence-electron chi connectivity index (χ1n) is 6.58. The van der Waals surface area contributed by atoms with Gasteiger partial charge in [0.25, 0.3) is 0 Å². The Morgan fingerprint density at radius 3 is 2.70 bits per heavy atom. The summed E-state index contributed by atoms with van der Waals surface area (Å²) < 4.78 is 26.3. The van der Waals surface area contributed by atoms with Crippen molar-refractivity contribution in [3.8, 4) is 0 Å². The van der Waals surface area contributed by atoms with Crippen LogP contribution < -0.4 is 5.73 Å². The quantitative estimate of drug-likeness (QED) is 0.917. The summed E-state index contributed by atoms with van der Waals surface area (Å²) in [5, 5.41) is 0.768. The van der Waals surface area contributed by atoms with Crippen molar-refractivity contribution < 1.29 is 8.42 Å². The van der Waals surface area contributed by atoms with Crippen LogP contribution in [0.2, 0.25) is 0 Å². The van der Waals surface area contributed by atoms with Crippen molar-refractivity contribution in [2.75, 3.05) is 19.3 Å². The van der Waals surface area contributed by atoms with Gasteiger partial charge in [0.15, 0.2) is 0 Å². The van der Waals surface area contributed by atoms with Gasteiger partial charge in [-0.25, -0.2) is 17.7 Å². The number of unbranched alkanes of at least 4 members (excludes halogenated alkanes) is 1. The molecule has 2 rings (SSSR count). The molecule has 6 heteroatoms. The molecule has 0 atom stereocenters. The van der Waals surface area contributed by atoms with Gasteiger partial charge < -0.3 is 5.73 Å². The highest BCUT2D eigenvalue weighted by atomic mass is 32.2. The lowest BCUT2D eigenvalue weighted by molar-refractivity contribution is 0.459. The van der Waals surface area contributed by atoms with Crippen LogP contribution in [0.25, 0.3) is 10.9 Å². The minimum atomic E-state index is -3.44. The lowest BCUT2D eigenvalue weighted by Gasteiger charge is -2.17. The molecule has 1 heterocycles. The van der Waals surface area contributed by atoms with E-state index < -0.39 is 10.0 Å². The van der Waals surface area contributed by atoms with E-state index in [-0.39, 0.29) is 4.90 Å². The van der Waals surface area contributed by atoms with Crippen LogP contribution in [0.3, 0.4) is 0 Å². The fourth-order valence-corrected chi connectivity index (χ4v) is 3.21. The number of nitrogens with two attached hydrogens (primary N) is 1. The van der Waals surface area contributed by atoms with Crippen molar-refractivity contribution in [2.45, 2.75) is 24.7 Å². The first-order chi connectivity index (χ1) is 9.45. The molecule has 0 amide bonds. The molecule has 20 heavy (non-hydrogen) atoms. The van der Waals surface area contributed by atoms with Crippen LogP contribution >= 0.6 is 0 Å². The lowest BCUT2D eigenvalue weighted by atomic mass is 10.2. The molecule has 0 fully saturated rings. The SMILES string of the molecule is CCCCN(C)S(=O)(=O)c1ccc2nc(N)ccc2c1. The molecule has 0 aliphatic heterocycles. The Bertz CT molecular complexity index is 713. The van der Waals surface area contributed by atoms with Crippen molar-refractivity contribution in [3.63, 3.8) is 0 Å². The van der Waals surface area contributed by atoms with Gasteiger partial charge in [-0.05, 0) is 36.8 Å². The van der Waals surface area contributed by atoms with Gasteiger partial charge >= 0.3 is 0 Å². The van der Waals surface area contributed by atoms with Gasteiger partial charge in [0, 0.05) is 19.0 Å². The summed E-state index contributed by atoms with van der Waals surface area (Å²) in [5.41, 5.74) is 6.31. The number of nitrogen functional groups attached to an aromatic ring is 1. The lowest BCUT2D eigenvalue weighted by Crippen LogP contribution is -2.27. The molecular weight excluding hydrogens is 274 g/mol. The molecule has 2 aromatic rings. The highest BCUT2D eigenvalue weighted by Crippen LogP contribution is 2.21. The van der Waals surface area contributed by atoms with Crippen LogP contribution in [-0.4, -0.2) is 31.3 Å². The molecular formula is C14H19N3O2S. The van der Waals surface area contributed by atoms with Gasteiger partial charge in [-0.1, -0.05) is 13.3 Å². The Morgan fingerprint density at radius 1 is 1.25 bits per heavy atom. The molecule has 0 radical (unpaired) electrons. The summed E-state index contributed by atoms with van der Waals surface area (Å²) in [5.74, 6) is 0.424. The number of hydrogen-bond acceptors (Lipinski definition) is 4. The third-order valence-corrected chi connectivity index (χ3v) is 5.07. The number of benzene rings is 1. The fraction of sp³-hybridized carbons (Fsp3) is 0.357. The van der Waals surface area contributed by atoms with E-state index >= 15 is 0 Å². The van der Waals surface area contributed by atoms with Gasteiger partial charge in [-0.3, -0.25) is 0 Å². The van der Waals surface area contributed by atoms with Crippen molar-refractivity contribution in [1.82, 2.24) is 9.29 Å². The Kier molecular flexibility index (Phi) is 4.25. The van der Waals surface area contributed by atoms with Gasteiger partial charge in [-0.2, -0.15) is 0 Å². The summed E-state index contributed by atoms with van der Waals surface area (Å²) in [6, 6.07) is 8.35. The van der Waals surface area contributed by atoms with Crippen LogP contribution in [0.15, 0.2) is 35.2 Å². The molecule has 1 aromatic heterocycles. The highest BCUT2D eigenvalue weighted by Gasteiger charge is 2.20. The first kappa shape index (κ1) is 14.7. The normalized spacial score (nSPS) is 12.2. The number of anilines is 1. The molecule has 0 aliphatic carbocycles. The van der Waals surface area contributed by atoms with Crippen LogP contribution in [0, 0.1) is 0 Å². The van der Waals surface area contributed by atoms with Crippen molar-refractivity contribution in [2.24, 2.45) is 0 Å². The van der Waals surface area contributed by atoms with E-state index in [0.717, 1.165) is 18.2 Å². The maximum Gasteiger partial charge on any atom is 0.242 e. The van der Waals surface area contributed by atoms with E-state index in [9.17, 15) is 8.42 Å². The van der Waals surface area contributed by atoms with E-state index in [4.69, 9.17) is 5.73 Å². The average molecular weight is 293 g/mol. The minimum absolute atomic E-state index is 0.287. The molecule has 2 N–H and O–H groups in total. The van der Waals surface area contributed by atoms with Gasteiger partial charge in [-0.15, -0.1) is 0 Å². The molecule has 0 unspecified atom stereocenters. The first-order valence-corrected chi connectivity index (χ1v) is 8.02. The second-order valence-electron chi connectivity index (χ2n) is 4.77. The third kappa shape index (κ3) is 2.91. The average Bonchev–Trinajstić information content (AvgIpc) is 2.43. The van der Waals surface area contributed by atoms with Gasteiger partial charge in [0.05, 0.1) is 10.4 Å². The van der Waals surface area contributed by atoms with Crippen molar-refractivity contribution >= 4 is 26.7 Å². The zero-order valence-corrected chi connectivity index (χ0v) is 12.5. The van der Waals surface area contributed by atoms with Crippen LogP contribution in [0.4, 0.5) is 5.82 Å². The Balaban J connectivity index is 2.39. The maximum absolute atomic E-state index is 12.4. The Morgan fingerprint density at radius 2 is 2.00 bits per heavy atom. The second-order valence-corrected chi connectivity index (χ2v) is 6.82. The van der Waals surface area contributed by atoms with E-state index in [1.807, 2.05) is 6.92 Å². The number of rotatable bonds is 5. The minimum Gasteiger partial charge on any atom is -0.384 e.